The van der Waals surface area contributed by atoms with Crippen LogP contribution in [0.3, 0.4) is 0 Å². The van der Waals surface area contributed by atoms with E-state index in [0.717, 1.165) is 5.56 Å². The lowest BCUT2D eigenvalue weighted by Gasteiger charge is -2.24. The molecule has 19 heavy (non-hydrogen) atoms. The zero-order chi connectivity index (χ0) is 14.0. The van der Waals surface area contributed by atoms with Gasteiger partial charge in [0.25, 0.3) is 5.91 Å². The van der Waals surface area contributed by atoms with Crippen LogP contribution >= 0.6 is 0 Å². The lowest BCUT2D eigenvalue weighted by molar-refractivity contribution is -0.115. The van der Waals surface area contributed by atoms with Gasteiger partial charge in [0.05, 0.1) is 0 Å². The number of aliphatic hydroxyl groups is 1. The SMILES string of the molecule is CC(CCC(O)C=O)N1Cc2c(N)cccc2C1=O. The summed E-state index contributed by atoms with van der Waals surface area (Å²) >= 11 is 0. The Hall–Kier alpha value is -1.88. The lowest BCUT2D eigenvalue weighted by atomic mass is 10.1. The van der Waals surface area contributed by atoms with Crippen LogP contribution in [0.1, 0.15) is 35.7 Å². The minimum Gasteiger partial charge on any atom is -0.398 e. The number of anilines is 1. The molecule has 0 saturated heterocycles. The fourth-order valence-electron chi connectivity index (χ4n) is 2.37. The van der Waals surface area contributed by atoms with Crippen molar-refractivity contribution in [2.45, 2.75) is 38.5 Å². The molecule has 0 bridgehead atoms. The summed E-state index contributed by atoms with van der Waals surface area (Å²) in [6.07, 6.45) is 0.512. The Morgan fingerprint density at radius 1 is 1.47 bits per heavy atom. The third-order valence-electron chi connectivity index (χ3n) is 3.60. The number of nitrogens with zero attached hydrogens (tertiary/aromatic N) is 1. The molecule has 1 aliphatic heterocycles. The number of hydrogen-bond donors (Lipinski definition) is 2. The van der Waals surface area contributed by atoms with Crippen LogP contribution in [0.5, 0.6) is 0 Å². The average Bonchev–Trinajstić information content (AvgIpc) is 2.75. The number of carbonyl (C=O) groups is 2. The molecule has 0 fully saturated rings. The van der Waals surface area contributed by atoms with Gasteiger partial charge < -0.3 is 20.5 Å². The number of amides is 1. The highest BCUT2D eigenvalue weighted by Gasteiger charge is 2.31. The van der Waals surface area contributed by atoms with Crippen molar-refractivity contribution in [1.29, 1.82) is 0 Å². The van der Waals surface area contributed by atoms with Crippen LogP contribution in [0.15, 0.2) is 18.2 Å². The molecule has 0 aromatic heterocycles. The molecule has 0 aliphatic carbocycles. The molecule has 1 aromatic carbocycles. The number of aliphatic hydroxyl groups excluding tert-OH is 1. The van der Waals surface area contributed by atoms with Gasteiger partial charge in [-0.3, -0.25) is 4.79 Å². The van der Waals surface area contributed by atoms with Crippen LogP contribution in [0.2, 0.25) is 0 Å². The molecule has 0 spiro atoms. The normalized spacial score (nSPS) is 17.2. The second-order valence-electron chi connectivity index (χ2n) is 4.94. The number of benzene rings is 1. The zero-order valence-corrected chi connectivity index (χ0v) is 10.9. The maximum Gasteiger partial charge on any atom is 0.254 e. The summed E-state index contributed by atoms with van der Waals surface area (Å²) < 4.78 is 0. The van der Waals surface area contributed by atoms with Crippen molar-refractivity contribution in [3.05, 3.63) is 29.3 Å². The highest BCUT2D eigenvalue weighted by atomic mass is 16.3. The van der Waals surface area contributed by atoms with Gasteiger partial charge in [-0.15, -0.1) is 0 Å². The standard InChI is InChI=1S/C14H18N2O3/c1-9(5-6-10(18)8-17)16-7-12-11(14(16)19)3-2-4-13(12)15/h2-4,8-10,18H,5-7,15H2,1H3. The maximum atomic E-state index is 12.2. The molecular weight excluding hydrogens is 244 g/mol. The van der Waals surface area contributed by atoms with E-state index >= 15 is 0 Å². The molecule has 2 rings (SSSR count). The fourth-order valence-corrected chi connectivity index (χ4v) is 2.37. The molecule has 5 nitrogen and oxygen atoms in total. The molecule has 1 aliphatic rings. The number of hydrogen-bond acceptors (Lipinski definition) is 4. The summed E-state index contributed by atoms with van der Waals surface area (Å²) in [5.41, 5.74) is 8.03. The zero-order valence-electron chi connectivity index (χ0n) is 10.9. The molecule has 2 unspecified atom stereocenters. The Kier molecular flexibility index (Phi) is 3.85. The molecule has 102 valence electrons. The van der Waals surface area contributed by atoms with E-state index in [1.807, 2.05) is 6.92 Å². The summed E-state index contributed by atoms with van der Waals surface area (Å²) in [7, 11) is 0. The van der Waals surface area contributed by atoms with Gasteiger partial charge in [-0.25, -0.2) is 0 Å². The first-order chi connectivity index (χ1) is 9.04. The number of aldehydes is 1. The van der Waals surface area contributed by atoms with Gasteiger partial charge in [-0.1, -0.05) is 6.07 Å². The van der Waals surface area contributed by atoms with Crippen molar-refractivity contribution in [2.24, 2.45) is 0 Å². The van der Waals surface area contributed by atoms with Gasteiger partial charge in [-0.2, -0.15) is 0 Å². The molecular formula is C14H18N2O3. The van der Waals surface area contributed by atoms with Crippen LogP contribution in [0.4, 0.5) is 5.69 Å². The fraction of sp³-hybridized carbons (Fsp3) is 0.429. The smallest absolute Gasteiger partial charge is 0.254 e. The van der Waals surface area contributed by atoms with Gasteiger partial charge in [-0.05, 0) is 31.9 Å². The first-order valence-corrected chi connectivity index (χ1v) is 6.36. The van der Waals surface area contributed by atoms with E-state index in [-0.39, 0.29) is 11.9 Å². The van der Waals surface area contributed by atoms with E-state index < -0.39 is 6.10 Å². The predicted molar refractivity (Wildman–Crippen MR) is 71.5 cm³/mol. The van der Waals surface area contributed by atoms with Gasteiger partial charge in [0, 0.05) is 29.4 Å². The molecule has 3 N–H and O–H groups in total. The van der Waals surface area contributed by atoms with E-state index in [1.54, 1.807) is 23.1 Å². The Labute approximate surface area is 112 Å². The molecule has 1 heterocycles. The molecule has 0 radical (unpaired) electrons. The highest BCUT2D eigenvalue weighted by molar-refractivity contribution is 6.00. The molecule has 1 amide bonds. The van der Waals surface area contributed by atoms with Crippen molar-refractivity contribution in [3.63, 3.8) is 0 Å². The Balaban J connectivity index is 2.07. The van der Waals surface area contributed by atoms with Gasteiger partial charge in [0.2, 0.25) is 0 Å². The van der Waals surface area contributed by atoms with Gasteiger partial charge in [0.1, 0.15) is 12.4 Å². The summed E-state index contributed by atoms with van der Waals surface area (Å²) in [6.45, 7) is 2.41. The second-order valence-corrected chi connectivity index (χ2v) is 4.94. The van der Waals surface area contributed by atoms with Gasteiger partial charge >= 0.3 is 0 Å². The van der Waals surface area contributed by atoms with Crippen molar-refractivity contribution in [2.75, 3.05) is 5.73 Å². The van der Waals surface area contributed by atoms with E-state index in [4.69, 9.17) is 5.73 Å². The number of carbonyl (C=O) groups excluding carboxylic acids is 2. The van der Waals surface area contributed by atoms with Crippen LogP contribution in [0.25, 0.3) is 0 Å². The molecule has 2 atom stereocenters. The van der Waals surface area contributed by atoms with Crippen LogP contribution in [-0.2, 0) is 11.3 Å². The van der Waals surface area contributed by atoms with Crippen molar-refractivity contribution >= 4 is 17.9 Å². The summed E-state index contributed by atoms with van der Waals surface area (Å²) in [4.78, 5) is 24.4. The lowest BCUT2D eigenvalue weighted by Crippen LogP contribution is -2.34. The maximum absolute atomic E-state index is 12.2. The van der Waals surface area contributed by atoms with Gasteiger partial charge in [0.15, 0.2) is 0 Å². The number of rotatable bonds is 5. The highest BCUT2D eigenvalue weighted by Crippen LogP contribution is 2.29. The largest absolute Gasteiger partial charge is 0.398 e. The van der Waals surface area contributed by atoms with E-state index in [2.05, 4.69) is 0 Å². The summed E-state index contributed by atoms with van der Waals surface area (Å²) in [5, 5.41) is 9.24. The first-order valence-electron chi connectivity index (χ1n) is 6.36. The molecule has 1 aromatic rings. The number of fused-ring (bicyclic) bond motifs is 1. The summed E-state index contributed by atoms with van der Waals surface area (Å²) in [5.74, 6) is -0.0320. The number of nitrogen functional groups attached to an aromatic ring is 1. The monoisotopic (exact) mass is 262 g/mol. The first kappa shape index (κ1) is 13.5. The Morgan fingerprint density at radius 3 is 2.84 bits per heavy atom. The topological polar surface area (TPSA) is 83.6 Å². The average molecular weight is 262 g/mol. The number of nitrogens with two attached hydrogens (primary N) is 1. The van der Waals surface area contributed by atoms with E-state index in [0.29, 0.717) is 36.9 Å². The van der Waals surface area contributed by atoms with Crippen molar-refractivity contribution < 1.29 is 14.7 Å². The third kappa shape index (κ3) is 2.61. The molecule has 0 saturated carbocycles. The van der Waals surface area contributed by atoms with Crippen LogP contribution in [0, 0.1) is 0 Å². The van der Waals surface area contributed by atoms with E-state index in [1.165, 1.54) is 0 Å². The quantitative estimate of drug-likeness (QED) is 0.611. The molecule has 5 heteroatoms. The van der Waals surface area contributed by atoms with Crippen molar-refractivity contribution in [1.82, 2.24) is 4.90 Å². The van der Waals surface area contributed by atoms with Crippen LogP contribution in [-0.4, -0.2) is 34.3 Å². The summed E-state index contributed by atoms with van der Waals surface area (Å²) in [6, 6.07) is 5.31. The Bertz CT molecular complexity index is 501. The Morgan fingerprint density at radius 2 is 2.21 bits per heavy atom. The predicted octanol–water partition coefficient (Wildman–Crippen LogP) is 0.953. The second kappa shape index (κ2) is 5.40. The van der Waals surface area contributed by atoms with E-state index in [9.17, 15) is 14.7 Å². The third-order valence-corrected chi connectivity index (χ3v) is 3.60. The minimum absolute atomic E-state index is 0.0320. The van der Waals surface area contributed by atoms with Crippen LogP contribution < -0.4 is 5.73 Å². The van der Waals surface area contributed by atoms with Crippen molar-refractivity contribution in [3.8, 4) is 0 Å². The minimum atomic E-state index is -0.951.